The summed E-state index contributed by atoms with van der Waals surface area (Å²) in [5, 5.41) is 4.29. The summed E-state index contributed by atoms with van der Waals surface area (Å²) in [5.41, 5.74) is 0.755. The lowest BCUT2D eigenvalue weighted by Gasteiger charge is -2.38. The molecule has 7 nitrogen and oxygen atoms in total. The molecule has 3 fully saturated rings. The molecule has 0 radical (unpaired) electrons. The van der Waals surface area contributed by atoms with E-state index in [1.165, 1.54) is 6.42 Å². The van der Waals surface area contributed by atoms with Gasteiger partial charge in [0.1, 0.15) is 0 Å². The number of halogens is 3. The first-order valence-electron chi connectivity index (χ1n) is 12.9. The molecule has 0 unspecified atom stereocenters. The van der Waals surface area contributed by atoms with Crippen molar-refractivity contribution in [2.45, 2.75) is 93.9 Å². The van der Waals surface area contributed by atoms with E-state index in [0.717, 1.165) is 55.8 Å². The standard InChI is InChI=1S/C25H33F3N4O3S/c26-25(27,28)12-14-36(33,34)31-22(17-5-2-1-3-6-17)11-13-32-20-9-10-21(32)16-19(15-20)23-29-24(35-30-23)18-7-4-8-18/h1-3,5-6,18-22,31H,4,7-16H2/t20-,21-,22+/m0/s1. The number of nitrogens with one attached hydrogen (secondary N) is 1. The molecule has 3 heterocycles. The molecule has 1 aromatic heterocycles. The summed E-state index contributed by atoms with van der Waals surface area (Å²) < 4.78 is 70.9. The van der Waals surface area contributed by atoms with Gasteiger partial charge >= 0.3 is 6.18 Å². The summed E-state index contributed by atoms with van der Waals surface area (Å²) in [6.45, 7) is 0.670. The fourth-order valence-corrected chi connectivity index (χ4v) is 7.17. The Morgan fingerprint density at radius 2 is 1.75 bits per heavy atom. The molecule has 2 saturated heterocycles. The van der Waals surface area contributed by atoms with E-state index in [4.69, 9.17) is 9.51 Å². The van der Waals surface area contributed by atoms with Crippen molar-refractivity contribution in [2.24, 2.45) is 0 Å². The SMILES string of the molecule is O=S(=O)(CCC(F)(F)F)N[C@H](CCN1[C@H]2CC[C@H]1CC(c1noc(C3CCC3)n1)C2)c1ccccc1. The summed E-state index contributed by atoms with van der Waals surface area (Å²) in [6.07, 6.45) is 2.08. The first-order chi connectivity index (χ1) is 17.2. The Morgan fingerprint density at radius 3 is 2.36 bits per heavy atom. The van der Waals surface area contributed by atoms with Gasteiger partial charge < -0.3 is 4.52 Å². The minimum Gasteiger partial charge on any atom is -0.339 e. The van der Waals surface area contributed by atoms with Crippen LogP contribution in [0.15, 0.2) is 34.9 Å². The number of rotatable bonds is 10. The maximum atomic E-state index is 12.6. The van der Waals surface area contributed by atoms with Crippen LogP contribution < -0.4 is 4.72 Å². The zero-order valence-electron chi connectivity index (χ0n) is 20.2. The van der Waals surface area contributed by atoms with E-state index in [2.05, 4.69) is 14.8 Å². The first kappa shape index (κ1) is 25.7. The van der Waals surface area contributed by atoms with Crippen LogP contribution in [-0.2, 0) is 10.0 Å². The molecule has 2 aromatic rings. The average Bonchev–Trinajstić information content (AvgIpc) is 3.36. The third-order valence-corrected chi connectivity index (χ3v) is 9.40. The molecule has 3 aliphatic rings. The molecule has 1 N–H and O–H groups in total. The molecule has 36 heavy (non-hydrogen) atoms. The number of hydrogen-bond donors (Lipinski definition) is 1. The fraction of sp³-hybridized carbons (Fsp3) is 0.680. The summed E-state index contributed by atoms with van der Waals surface area (Å²) in [6, 6.07) is 9.22. The molecule has 0 amide bonds. The van der Waals surface area contributed by atoms with Crippen molar-refractivity contribution >= 4 is 10.0 Å². The van der Waals surface area contributed by atoms with Crippen molar-refractivity contribution in [3.63, 3.8) is 0 Å². The van der Waals surface area contributed by atoms with Gasteiger partial charge in [-0.3, -0.25) is 4.90 Å². The highest BCUT2D eigenvalue weighted by molar-refractivity contribution is 7.89. The van der Waals surface area contributed by atoms with Crippen LogP contribution in [0.25, 0.3) is 0 Å². The largest absolute Gasteiger partial charge is 0.390 e. The number of nitrogens with zero attached hydrogens (tertiary/aromatic N) is 3. The van der Waals surface area contributed by atoms with Crippen LogP contribution in [0.2, 0.25) is 0 Å². The van der Waals surface area contributed by atoms with E-state index in [-0.39, 0.29) is 5.92 Å². The van der Waals surface area contributed by atoms with Crippen molar-refractivity contribution in [3.05, 3.63) is 47.6 Å². The zero-order chi connectivity index (χ0) is 25.3. The predicted molar refractivity (Wildman–Crippen MR) is 128 cm³/mol. The maximum absolute atomic E-state index is 12.6. The van der Waals surface area contributed by atoms with Gasteiger partial charge in [0.2, 0.25) is 15.9 Å². The van der Waals surface area contributed by atoms with Gasteiger partial charge in [0.15, 0.2) is 5.82 Å². The zero-order valence-corrected chi connectivity index (χ0v) is 21.0. The third kappa shape index (κ3) is 6.11. The van der Waals surface area contributed by atoms with E-state index >= 15 is 0 Å². The summed E-state index contributed by atoms with van der Waals surface area (Å²) in [7, 11) is -4.09. The van der Waals surface area contributed by atoms with E-state index in [0.29, 0.717) is 31.0 Å². The molecular weight excluding hydrogens is 493 g/mol. The third-order valence-electron chi connectivity index (χ3n) is 8.02. The van der Waals surface area contributed by atoms with Crippen LogP contribution >= 0.6 is 0 Å². The molecular formula is C25H33F3N4O3S. The van der Waals surface area contributed by atoms with E-state index < -0.39 is 34.4 Å². The Balaban J connectivity index is 1.22. The normalized spacial score (nSPS) is 26.1. The van der Waals surface area contributed by atoms with Gasteiger partial charge in [0.25, 0.3) is 0 Å². The second kappa shape index (κ2) is 10.4. The Hall–Kier alpha value is -1.98. The molecule has 1 aromatic carbocycles. The van der Waals surface area contributed by atoms with Crippen LogP contribution in [0.1, 0.15) is 92.9 Å². The van der Waals surface area contributed by atoms with Gasteiger partial charge in [-0.1, -0.05) is 41.9 Å². The molecule has 198 valence electrons. The van der Waals surface area contributed by atoms with Gasteiger partial charge in [-0.15, -0.1) is 0 Å². The molecule has 1 saturated carbocycles. The molecule has 1 aliphatic carbocycles. The molecule has 2 bridgehead atoms. The second-order valence-electron chi connectivity index (χ2n) is 10.5. The van der Waals surface area contributed by atoms with Gasteiger partial charge in [0.05, 0.1) is 12.2 Å². The summed E-state index contributed by atoms with van der Waals surface area (Å²) in [4.78, 5) is 7.16. The van der Waals surface area contributed by atoms with E-state index in [1.54, 1.807) is 0 Å². The van der Waals surface area contributed by atoms with Crippen molar-refractivity contribution < 1.29 is 26.1 Å². The number of alkyl halides is 3. The molecule has 11 heteroatoms. The number of piperidine rings is 1. The van der Waals surface area contributed by atoms with E-state index in [9.17, 15) is 21.6 Å². The first-order valence-corrected chi connectivity index (χ1v) is 14.5. The number of fused-ring (bicyclic) bond motifs is 2. The van der Waals surface area contributed by atoms with Crippen molar-refractivity contribution in [1.82, 2.24) is 19.8 Å². The minimum absolute atomic E-state index is 0.266. The lowest BCUT2D eigenvalue weighted by Crippen LogP contribution is -2.44. The summed E-state index contributed by atoms with van der Waals surface area (Å²) in [5.74, 6) is 1.30. The average molecular weight is 527 g/mol. The number of sulfonamides is 1. The lowest BCUT2D eigenvalue weighted by molar-refractivity contribution is -0.130. The number of aromatic nitrogens is 2. The quantitative estimate of drug-likeness (QED) is 0.466. The Morgan fingerprint density at radius 1 is 1.06 bits per heavy atom. The Bertz CT molecular complexity index is 1110. The fourth-order valence-electron chi connectivity index (χ4n) is 5.87. The smallest absolute Gasteiger partial charge is 0.339 e. The highest BCUT2D eigenvalue weighted by atomic mass is 32.2. The molecule has 3 atom stereocenters. The van der Waals surface area contributed by atoms with Crippen LogP contribution in [0.3, 0.4) is 0 Å². The van der Waals surface area contributed by atoms with Crippen molar-refractivity contribution in [1.29, 1.82) is 0 Å². The maximum Gasteiger partial charge on any atom is 0.390 e. The van der Waals surface area contributed by atoms with Crippen molar-refractivity contribution in [2.75, 3.05) is 12.3 Å². The van der Waals surface area contributed by atoms with Gasteiger partial charge in [-0.05, 0) is 50.5 Å². The Labute approximate surface area is 209 Å². The topological polar surface area (TPSA) is 88.3 Å². The second-order valence-corrected chi connectivity index (χ2v) is 12.3. The van der Waals surface area contributed by atoms with Crippen LogP contribution in [0, 0.1) is 0 Å². The number of hydrogen-bond acceptors (Lipinski definition) is 6. The number of benzene rings is 1. The summed E-state index contributed by atoms with van der Waals surface area (Å²) >= 11 is 0. The van der Waals surface area contributed by atoms with Crippen molar-refractivity contribution in [3.8, 4) is 0 Å². The van der Waals surface area contributed by atoms with Gasteiger partial charge in [-0.25, -0.2) is 13.1 Å². The highest BCUT2D eigenvalue weighted by Gasteiger charge is 2.43. The van der Waals surface area contributed by atoms with Gasteiger partial charge in [-0.2, -0.15) is 18.2 Å². The van der Waals surface area contributed by atoms with Gasteiger partial charge in [0, 0.05) is 36.5 Å². The van der Waals surface area contributed by atoms with E-state index in [1.807, 2.05) is 30.3 Å². The lowest BCUT2D eigenvalue weighted by atomic mass is 9.85. The molecule has 0 spiro atoms. The molecule has 2 aliphatic heterocycles. The van der Waals surface area contributed by atoms with Crippen LogP contribution in [0.5, 0.6) is 0 Å². The monoisotopic (exact) mass is 526 g/mol. The Kier molecular flexibility index (Phi) is 7.42. The molecule has 5 rings (SSSR count). The van der Waals surface area contributed by atoms with Crippen LogP contribution in [0.4, 0.5) is 13.2 Å². The highest BCUT2D eigenvalue weighted by Crippen LogP contribution is 2.43. The minimum atomic E-state index is -4.52. The predicted octanol–water partition coefficient (Wildman–Crippen LogP) is 5.05. The van der Waals surface area contributed by atoms with Crippen LogP contribution in [-0.4, -0.2) is 54.0 Å².